The second kappa shape index (κ2) is 13.7. The number of benzene rings is 2. The van der Waals surface area contributed by atoms with Gasteiger partial charge in [-0.2, -0.15) is 10.5 Å². The maximum Gasteiger partial charge on any atom is 0.292 e. The van der Waals surface area contributed by atoms with Crippen LogP contribution in [0.15, 0.2) is 42.5 Å². The molecule has 1 heterocycles. The van der Waals surface area contributed by atoms with Gasteiger partial charge in [0.05, 0.1) is 16.8 Å². The molecule has 0 aliphatic heterocycles. The lowest BCUT2D eigenvalue weighted by atomic mass is 10.1. The number of aromatic nitrogens is 1. The van der Waals surface area contributed by atoms with Crippen molar-refractivity contribution in [2.24, 2.45) is 0 Å². The first-order valence-electron chi connectivity index (χ1n) is 12.3. The van der Waals surface area contributed by atoms with E-state index < -0.39 is 0 Å². The van der Waals surface area contributed by atoms with Crippen molar-refractivity contribution in [3.8, 4) is 41.2 Å². The van der Waals surface area contributed by atoms with Gasteiger partial charge in [-0.1, -0.05) is 19.8 Å². The van der Waals surface area contributed by atoms with Crippen molar-refractivity contribution in [2.45, 2.75) is 40.0 Å². The van der Waals surface area contributed by atoms with E-state index in [0.717, 1.165) is 59.4 Å². The Kier molecular flexibility index (Phi) is 10.1. The van der Waals surface area contributed by atoms with Gasteiger partial charge in [0, 0.05) is 36.0 Å². The summed E-state index contributed by atoms with van der Waals surface area (Å²) in [5.41, 5.74) is 3.36. The molecular formula is C29H29N5O2S. The fourth-order valence-electron chi connectivity index (χ4n) is 3.83. The molecule has 37 heavy (non-hydrogen) atoms. The Hall–Kier alpha value is -4.32. The molecular weight excluding hydrogens is 482 g/mol. The zero-order valence-corrected chi connectivity index (χ0v) is 22.1. The largest absolute Gasteiger partial charge is 0.493 e. The standard InChI is InChI=1S/C29H29N5O2S/c1-4-7-8-15-35-26-17-24(34(5-2)6-3)12-9-22(26)16-27-28(33-29(37-27)23(18-30)19-31)21-10-13-25(14-11-21)36-20-32/h9-14,16-17H,4-8,15H2,1-3H3. The fourth-order valence-corrected chi connectivity index (χ4v) is 4.81. The molecule has 0 unspecified atom stereocenters. The molecule has 1 aromatic heterocycles. The maximum atomic E-state index is 9.42. The van der Waals surface area contributed by atoms with Gasteiger partial charge in [0.1, 0.15) is 28.3 Å². The minimum atomic E-state index is -0.0387. The van der Waals surface area contributed by atoms with Crippen LogP contribution in [0.5, 0.6) is 11.5 Å². The quantitative estimate of drug-likeness (QED) is 0.260. The van der Waals surface area contributed by atoms with Crippen LogP contribution in [0.4, 0.5) is 5.69 Å². The number of unbranched alkanes of at least 4 members (excludes halogenated alkanes) is 2. The van der Waals surface area contributed by atoms with E-state index in [2.05, 4.69) is 42.8 Å². The van der Waals surface area contributed by atoms with Crippen molar-refractivity contribution in [3.63, 3.8) is 0 Å². The Morgan fingerprint density at radius 2 is 1.73 bits per heavy atom. The summed E-state index contributed by atoms with van der Waals surface area (Å²) < 4.78 is 12.3. The molecule has 3 rings (SSSR count). The van der Waals surface area contributed by atoms with Gasteiger partial charge in [0.2, 0.25) is 0 Å². The van der Waals surface area contributed by atoms with Crippen LogP contribution in [-0.2, 0) is 0 Å². The van der Waals surface area contributed by atoms with E-state index in [4.69, 9.17) is 14.7 Å². The van der Waals surface area contributed by atoms with Crippen molar-refractivity contribution < 1.29 is 9.47 Å². The van der Waals surface area contributed by atoms with E-state index in [-0.39, 0.29) is 5.57 Å². The Balaban J connectivity index is 2.18. The predicted octanol–water partition coefficient (Wildman–Crippen LogP) is 5.11. The van der Waals surface area contributed by atoms with Crippen molar-refractivity contribution >= 4 is 28.7 Å². The molecule has 0 N–H and O–H groups in total. The Morgan fingerprint density at radius 3 is 2.35 bits per heavy atom. The molecule has 0 atom stereocenters. The average molecular weight is 512 g/mol. The summed E-state index contributed by atoms with van der Waals surface area (Å²) in [6.07, 6.45) is 6.84. The summed E-state index contributed by atoms with van der Waals surface area (Å²) in [7, 11) is 0. The Morgan fingerprint density at radius 1 is 1.00 bits per heavy atom. The molecule has 188 valence electrons. The molecule has 8 heteroatoms. The molecule has 0 amide bonds. The molecule has 0 aliphatic rings. The van der Waals surface area contributed by atoms with Crippen LogP contribution < -0.4 is 23.6 Å². The lowest BCUT2D eigenvalue weighted by molar-refractivity contribution is 0.305. The molecule has 0 radical (unpaired) electrons. The minimum Gasteiger partial charge on any atom is -0.493 e. The smallest absolute Gasteiger partial charge is 0.292 e. The summed E-state index contributed by atoms with van der Waals surface area (Å²) in [5, 5.41) is 27.6. The number of hydrogen-bond donors (Lipinski definition) is 0. The molecule has 0 fully saturated rings. The van der Waals surface area contributed by atoms with E-state index in [1.165, 1.54) is 11.3 Å². The third kappa shape index (κ3) is 6.88. The normalized spacial score (nSPS) is 10.8. The second-order valence-electron chi connectivity index (χ2n) is 8.14. The van der Waals surface area contributed by atoms with E-state index >= 15 is 0 Å². The predicted molar refractivity (Wildman–Crippen MR) is 146 cm³/mol. The lowest BCUT2D eigenvalue weighted by Crippen LogP contribution is -2.21. The number of anilines is 1. The van der Waals surface area contributed by atoms with Gasteiger partial charge in [-0.25, -0.2) is 4.98 Å². The van der Waals surface area contributed by atoms with Crippen LogP contribution in [0.3, 0.4) is 0 Å². The third-order valence-corrected chi connectivity index (χ3v) is 6.82. The number of ether oxygens (including phenoxy) is 2. The highest BCUT2D eigenvalue weighted by Crippen LogP contribution is 2.28. The van der Waals surface area contributed by atoms with Crippen LogP contribution >= 0.6 is 11.3 Å². The third-order valence-electron chi connectivity index (χ3n) is 5.80. The van der Waals surface area contributed by atoms with E-state index in [9.17, 15) is 10.5 Å². The first kappa shape index (κ1) is 27.3. The monoisotopic (exact) mass is 511 g/mol. The zero-order chi connectivity index (χ0) is 26.6. The summed E-state index contributed by atoms with van der Waals surface area (Å²) in [6, 6.07) is 17.0. The fraction of sp³-hybridized carbons (Fsp3) is 0.310. The number of thiazole rings is 1. The maximum absolute atomic E-state index is 9.42. The number of rotatable bonds is 11. The molecule has 0 spiro atoms. The van der Waals surface area contributed by atoms with Crippen LogP contribution in [0, 0.1) is 34.2 Å². The number of nitriles is 3. The molecule has 0 saturated heterocycles. The van der Waals surface area contributed by atoms with Crippen LogP contribution in [0.2, 0.25) is 0 Å². The highest BCUT2D eigenvalue weighted by atomic mass is 32.1. The minimum absolute atomic E-state index is 0.0387. The lowest BCUT2D eigenvalue weighted by Gasteiger charge is -2.22. The van der Waals surface area contributed by atoms with E-state index in [1.807, 2.05) is 24.3 Å². The number of nitrogens with zero attached hydrogens (tertiary/aromatic N) is 5. The first-order chi connectivity index (χ1) is 18.1. The zero-order valence-electron chi connectivity index (χ0n) is 21.3. The average Bonchev–Trinajstić information content (AvgIpc) is 3.33. The summed E-state index contributed by atoms with van der Waals surface area (Å²) in [5.74, 6) is 1.20. The second-order valence-corrected chi connectivity index (χ2v) is 9.17. The van der Waals surface area contributed by atoms with Crippen molar-refractivity contribution in [2.75, 3.05) is 24.6 Å². The number of hydrogen-bond acceptors (Lipinski definition) is 8. The summed E-state index contributed by atoms with van der Waals surface area (Å²) >= 11 is 1.28. The van der Waals surface area contributed by atoms with Crippen LogP contribution in [0.1, 0.15) is 45.6 Å². The van der Waals surface area contributed by atoms with Gasteiger partial charge in [0.25, 0.3) is 6.26 Å². The van der Waals surface area contributed by atoms with Gasteiger partial charge in [-0.3, -0.25) is 0 Å². The van der Waals surface area contributed by atoms with Crippen molar-refractivity contribution in [1.29, 1.82) is 15.8 Å². The molecule has 3 aromatic rings. The van der Waals surface area contributed by atoms with E-state index in [1.54, 1.807) is 30.5 Å². The van der Waals surface area contributed by atoms with Gasteiger partial charge in [-0.15, -0.1) is 16.6 Å². The highest BCUT2D eigenvalue weighted by molar-refractivity contribution is 7.08. The Labute approximate surface area is 221 Å². The molecule has 0 bridgehead atoms. The molecule has 0 saturated carbocycles. The molecule has 7 nitrogen and oxygen atoms in total. The van der Waals surface area contributed by atoms with Crippen LogP contribution in [-0.4, -0.2) is 24.7 Å². The molecule has 0 aliphatic carbocycles. The molecule has 2 aromatic carbocycles. The van der Waals surface area contributed by atoms with Gasteiger partial charge >= 0.3 is 0 Å². The van der Waals surface area contributed by atoms with Gasteiger partial charge in [-0.05, 0) is 62.7 Å². The van der Waals surface area contributed by atoms with Crippen LogP contribution in [0.25, 0.3) is 22.9 Å². The first-order valence-corrected chi connectivity index (χ1v) is 13.1. The summed E-state index contributed by atoms with van der Waals surface area (Å²) in [4.78, 5) is 6.90. The van der Waals surface area contributed by atoms with E-state index in [0.29, 0.717) is 22.7 Å². The summed E-state index contributed by atoms with van der Waals surface area (Å²) in [6.45, 7) is 8.82. The highest BCUT2D eigenvalue weighted by Gasteiger charge is 2.12. The van der Waals surface area contributed by atoms with Gasteiger partial charge < -0.3 is 14.4 Å². The topological polar surface area (TPSA) is 106 Å². The van der Waals surface area contributed by atoms with Gasteiger partial charge in [0.15, 0.2) is 5.57 Å². The SMILES string of the molecule is CCCCCOc1cc(N(CC)CC)ccc1C=c1sc(=C(C#N)C#N)nc1-c1ccc(OC#N)cc1. The van der Waals surface area contributed by atoms with Crippen molar-refractivity contribution in [3.05, 3.63) is 57.2 Å². The Bertz CT molecular complexity index is 1440. The van der Waals surface area contributed by atoms with Crippen molar-refractivity contribution in [1.82, 2.24) is 4.98 Å².